The second-order valence-corrected chi connectivity index (χ2v) is 5.03. The minimum absolute atomic E-state index is 0.520. The Kier molecular flexibility index (Phi) is 4.41. The molecule has 0 amide bonds. The summed E-state index contributed by atoms with van der Waals surface area (Å²) < 4.78 is 0. The van der Waals surface area contributed by atoms with Gasteiger partial charge in [-0.2, -0.15) is 10.2 Å². The number of hydrogen-bond donors (Lipinski definition) is 1. The van der Waals surface area contributed by atoms with E-state index in [1.807, 2.05) is 60.7 Å². The van der Waals surface area contributed by atoms with Crippen LogP contribution in [0.4, 0.5) is 5.82 Å². The Labute approximate surface area is 133 Å². The summed E-state index contributed by atoms with van der Waals surface area (Å²) in [5, 5.41) is 14.6. The molecule has 1 aromatic heterocycles. The van der Waals surface area contributed by atoms with Crippen molar-refractivity contribution in [3.8, 4) is 0 Å². The smallest absolute Gasteiger partial charge is 0.176 e. The Bertz CT molecular complexity index is 823. The fourth-order valence-electron chi connectivity index (χ4n) is 2.01. The van der Waals surface area contributed by atoms with Crippen molar-refractivity contribution in [2.24, 2.45) is 5.10 Å². The van der Waals surface area contributed by atoms with Crippen molar-refractivity contribution >= 4 is 40.5 Å². The molecule has 4 nitrogen and oxygen atoms in total. The maximum atomic E-state index is 6.14. The van der Waals surface area contributed by atoms with E-state index in [1.54, 1.807) is 6.20 Å². The molecule has 0 bridgehead atoms. The normalized spacial score (nSPS) is 12.0. The largest absolute Gasteiger partial charge is 0.259 e. The molecule has 0 unspecified atom stereocenters. The van der Waals surface area contributed by atoms with E-state index in [9.17, 15) is 0 Å². The predicted molar refractivity (Wildman–Crippen MR) is 91.9 cm³/mol. The summed E-state index contributed by atoms with van der Waals surface area (Å²) in [7, 11) is 0. The summed E-state index contributed by atoms with van der Waals surface area (Å²) in [4.78, 5) is 0. The minimum atomic E-state index is 0.520. The maximum absolute atomic E-state index is 6.14. The Morgan fingerprint density at radius 3 is 2.68 bits per heavy atom. The molecule has 22 heavy (non-hydrogen) atoms. The lowest BCUT2D eigenvalue weighted by Crippen LogP contribution is -1.96. The summed E-state index contributed by atoms with van der Waals surface area (Å²) >= 11 is 6.14. The molecule has 5 heteroatoms. The molecule has 0 aliphatic heterocycles. The zero-order chi connectivity index (χ0) is 15.2. The Morgan fingerprint density at radius 1 is 1.05 bits per heavy atom. The van der Waals surface area contributed by atoms with Crippen LogP contribution in [0.25, 0.3) is 16.8 Å². The molecule has 1 N–H and O–H groups in total. The van der Waals surface area contributed by atoms with Crippen LogP contribution in [0.5, 0.6) is 0 Å². The lowest BCUT2D eigenvalue weighted by Gasteiger charge is -2.02. The molecule has 0 fully saturated rings. The van der Waals surface area contributed by atoms with Crippen LogP contribution in [-0.2, 0) is 0 Å². The highest BCUT2D eigenvalue weighted by Crippen LogP contribution is 2.19. The standard InChI is InChI=1S/C17H13ClN4/c18-15(10-13-6-2-1-3-7-13)12-20-22-17-16-9-5-4-8-14(16)11-19-21-17/h1-12H,(H,21,22)/b15-10+,20-12-. The van der Waals surface area contributed by atoms with Gasteiger partial charge in [0.15, 0.2) is 5.82 Å². The van der Waals surface area contributed by atoms with E-state index < -0.39 is 0 Å². The van der Waals surface area contributed by atoms with Crippen LogP contribution in [0.15, 0.2) is 70.9 Å². The van der Waals surface area contributed by atoms with Gasteiger partial charge >= 0.3 is 0 Å². The number of aromatic nitrogens is 2. The zero-order valence-electron chi connectivity index (χ0n) is 11.6. The molecule has 3 rings (SSSR count). The van der Waals surface area contributed by atoms with Crippen LogP contribution in [0.2, 0.25) is 0 Å². The number of hydrogen-bond acceptors (Lipinski definition) is 4. The van der Waals surface area contributed by atoms with Gasteiger partial charge in [0, 0.05) is 10.8 Å². The number of hydrazone groups is 1. The molecule has 0 aliphatic carbocycles. The van der Waals surface area contributed by atoms with Gasteiger partial charge in [-0.1, -0.05) is 66.2 Å². The number of rotatable bonds is 4. The number of allylic oxidation sites excluding steroid dienone is 1. The second kappa shape index (κ2) is 6.83. The summed E-state index contributed by atoms with van der Waals surface area (Å²) in [5.41, 5.74) is 3.89. The molecule has 2 aromatic carbocycles. The molecule has 0 spiro atoms. The summed E-state index contributed by atoms with van der Waals surface area (Å²) in [5.74, 6) is 0.596. The fourth-order valence-corrected chi connectivity index (χ4v) is 2.19. The number of nitrogens with zero attached hydrogens (tertiary/aromatic N) is 3. The monoisotopic (exact) mass is 308 g/mol. The maximum Gasteiger partial charge on any atom is 0.176 e. The van der Waals surface area contributed by atoms with Gasteiger partial charge in [-0.25, -0.2) is 0 Å². The third-order valence-electron chi connectivity index (χ3n) is 3.03. The van der Waals surface area contributed by atoms with Crippen molar-refractivity contribution in [2.75, 3.05) is 5.43 Å². The molecule has 0 atom stereocenters. The van der Waals surface area contributed by atoms with Gasteiger partial charge in [0.05, 0.1) is 17.4 Å². The molecular weight excluding hydrogens is 296 g/mol. The highest BCUT2D eigenvalue weighted by Gasteiger charge is 2.00. The van der Waals surface area contributed by atoms with E-state index in [1.165, 1.54) is 6.21 Å². The first-order chi connectivity index (χ1) is 10.8. The number of nitrogens with one attached hydrogen (secondary N) is 1. The summed E-state index contributed by atoms with van der Waals surface area (Å²) in [6, 6.07) is 17.6. The van der Waals surface area contributed by atoms with Crippen LogP contribution < -0.4 is 5.43 Å². The van der Waals surface area contributed by atoms with Crippen LogP contribution >= 0.6 is 11.6 Å². The first kappa shape index (κ1) is 14.2. The van der Waals surface area contributed by atoms with E-state index in [4.69, 9.17) is 11.6 Å². The van der Waals surface area contributed by atoms with Gasteiger partial charge in [0.1, 0.15) is 0 Å². The van der Waals surface area contributed by atoms with Crippen molar-refractivity contribution in [1.29, 1.82) is 0 Å². The number of anilines is 1. The van der Waals surface area contributed by atoms with Crippen molar-refractivity contribution in [1.82, 2.24) is 10.2 Å². The zero-order valence-corrected chi connectivity index (χ0v) is 12.4. The number of halogens is 1. The Balaban J connectivity index is 1.75. The predicted octanol–water partition coefficient (Wildman–Crippen LogP) is 4.31. The first-order valence-electron chi connectivity index (χ1n) is 6.75. The van der Waals surface area contributed by atoms with E-state index >= 15 is 0 Å². The Morgan fingerprint density at radius 2 is 1.82 bits per heavy atom. The number of fused-ring (bicyclic) bond motifs is 1. The molecule has 0 aliphatic rings. The second-order valence-electron chi connectivity index (χ2n) is 4.59. The lowest BCUT2D eigenvalue weighted by atomic mass is 10.2. The molecule has 3 aromatic rings. The van der Waals surface area contributed by atoms with Gasteiger partial charge in [-0.15, -0.1) is 5.10 Å². The molecule has 1 heterocycles. The van der Waals surface area contributed by atoms with Crippen LogP contribution in [-0.4, -0.2) is 16.4 Å². The molecule has 108 valence electrons. The molecular formula is C17H13ClN4. The van der Waals surface area contributed by atoms with E-state index in [0.29, 0.717) is 10.9 Å². The average Bonchev–Trinajstić information content (AvgIpc) is 2.56. The first-order valence-corrected chi connectivity index (χ1v) is 7.12. The topological polar surface area (TPSA) is 50.2 Å². The van der Waals surface area contributed by atoms with Crippen LogP contribution in [0.3, 0.4) is 0 Å². The van der Waals surface area contributed by atoms with Gasteiger partial charge in [-0.3, -0.25) is 5.43 Å². The number of benzene rings is 2. The van der Waals surface area contributed by atoms with Crippen molar-refractivity contribution in [3.63, 3.8) is 0 Å². The summed E-state index contributed by atoms with van der Waals surface area (Å²) in [6.07, 6.45) is 5.09. The molecule has 0 saturated carbocycles. The van der Waals surface area contributed by atoms with Gasteiger partial charge in [0.25, 0.3) is 0 Å². The Hall–Kier alpha value is -2.72. The van der Waals surface area contributed by atoms with Gasteiger partial charge in [0.2, 0.25) is 0 Å². The van der Waals surface area contributed by atoms with Crippen molar-refractivity contribution in [3.05, 3.63) is 71.4 Å². The molecule has 0 radical (unpaired) electrons. The molecule has 0 saturated heterocycles. The van der Waals surface area contributed by atoms with Crippen molar-refractivity contribution < 1.29 is 0 Å². The lowest BCUT2D eigenvalue weighted by molar-refractivity contribution is 1.04. The third-order valence-corrected chi connectivity index (χ3v) is 3.24. The fraction of sp³-hybridized carbons (Fsp3) is 0. The minimum Gasteiger partial charge on any atom is -0.259 e. The van der Waals surface area contributed by atoms with E-state index in [2.05, 4.69) is 20.7 Å². The van der Waals surface area contributed by atoms with Crippen LogP contribution in [0.1, 0.15) is 5.56 Å². The highest BCUT2D eigenvalue weighted by atomic mass is 35.5. The van der Waals surface area contributed by atoms with Crippen LogP contribution in [0, 0.1) is 0 Å². The highest BCUT2D eigenvalue weighted by molar-refractivity contribution is 6.41. The third kappa shape index (κ3) is 3.48. The SMILES string of the molecule is ClC(/C=N\Nc1nncc2ccccc12)=C/c1ccccc1. The van der Waals surface area contributed by atoms with Crippen molar-refractivity contribution in [2.45, 2.75) is 0 Å². The van der Waals surface area contributed by atoms with E-state index in [-0.39, 0.29) is 0 Å². The average molecular weight is 309 g/mol. The quantitative estimate of drug-likeness (QED) is 0.577. The van der Waals surface area contributed by atoms with Gasteiger partial charge in [-0.05, 0) is 11.6 Å². The van der Waals surface area contributed by atoms with E-state index in [0.717, 1.165) is 16.3 Å². The van der Waals surface area contributed by atoms with Gasteiger partial charge < -0.3 is 0 Å². The summed E-state index contributed by atoms with van der Waals surface area (Å²) in [6.45, 7) is 0.